The lowest BCUT2D eigenvalue weighted by Gasteiger charge is -1.99. The Bertz CT molecular complexity index is 168. The molecule has 56 valence electrons. The van der Waals surface area contributed by atoms with Gasteiger partial charge in [-0.25, -0.2) is 5.90 Å². The average molecular weight is 142 g/mol. The van der Waals surface area contributed by atoms with Crippen molar-refractivity contribution < 1.29 is 9.63 Å². The Morgan fingerprint density at radius 1 is 1.80 bits per heavy atom. The fourth-order valence-corrected chi connectivity index (χ4v) is 0.367. The summed E-state index contributed by atoms with van der Waals surface area (Å²) in [5.41, 5.74) is 4.84. The second kappa shape index (κ2) is 4.79. The summed E-state index contributed by atoms with van der Waals surface area (Å²) in [6.45, 7) is 1.85. The van der Waals surface area contributed by atoms with Crippen molar-refractivity contribution in [2.75, 3.05) is 0 Å². The quantitative estimate of drug-likeness (QED) is 0.389. The van der Waals surface area contributed by atoms with E-state index in [1.165, 1.54) is 0 Å². The molecule has 0 aromatic rings. The molecule has 0 radical (unpaired) electrons. The van der Waals surface area contributed by atoms with E-state index in [0.717, 1.165) is 0 Å². The molecule has 0 aromatic heterocycles. The lowest BCUT2D eigenvalue weighted by atomic mass is 10.3. The summed E-state index contributed by atoms with van der Waals surface area (Å²) in [7, 11) is 0. The van der Waals surface area contributed by atoms with Crippen LogP contribution < -0.4 is 11.6 Å². The predicted molar refractivity (Wildman–Crippen MR) is 36.3 cm³/mol. The maximum absolute atomic E-state index is 10.4. The van der Waals surface area contributed by atoms with Crippen molar-refractivity contribution in [1.82, 2.24) is 0 Å². The van der Waals surface area contributed by atoms with Gasteiger partial charge >= 0.3 is 0 Å². The first kappa shape index (κ1) is 8.95. The van der Waals surface area contributed by atoms with Crippen LogP contribution in [0.3, 0.4) is 0 Å². The lowest BCUT2D eigenvalue weighted by molar-refractivity contribution is -0.126. The standard InChI is InChI=1S/C6H10N2O2/c1-2-3-4-5(10-8)6(7)9/h5H,2,8H2,1H3,(H2,7,9). The van der Waals surface area contributed by atoms with Gasteiger partial charge in [-0.1, -0.05) is 12.8 Å². The Morgan fingerprint density at radius 3 is 2.70 bits per heavy atom. The normalized spacial score (nSPS) is 11.4. The van der Waals surface area contributed by atoms with Crippen LogP contribution in [-0.4, -0.2) is 12.0 Å². The third-order valence-corrected chi connectivity index (χ3v) is 0.804. The fourth-order valence-electron chi connectivity index (χ4n) is 0.367. The van der Waals surface area contributed by atoms with Crippen molar-refractivity contribution in [3.63, 3.8) is 0 Å². The molecule has 0 saturated heterocycles. The van der Waals surface area contributed by atoms with E-state index in [4.69, 9.17) is 11.6 Å². The van der Waals surface area contributed by atoms with E-state index in [0.29, 0.717) is 6.42 Å². The Morgan fingerprint density at radius 2 is 2.40 bits per heavy atom. The van der Waals surface area contributed by atoms with E-state index >= 15 is 0 Å². The molecule has 0 spiro atoms. The van der Waals surface area contributed by atoms with Crippen molar-refractivity contribution in [1.29, 1.82) is 0 Å². The number of amides is 1. The molecule has 1 atom stereocenters. The van der Waals surface area contributed by atoms with Gasteiger partial charge in [0.05, 0.1) is 0 Å². The predicted octanol–water partition coefficient (Wildman–Crippen LogP) is -0.856. The van der Waals surface area contributed by atoms with Crippen molar-refractivity contribution in [2.24, 2.45) is 11.6 Å². The number of nitrogens with two attached hydrogens (primary N) is 2. The van der Waals surface area contributed by atoms with Gasteiger partial charge in [0, 0.05) is 6.42 Å². The number of hydrogen-bond donors (Lipinski definition) is 2. The second-order valence-electron chi connectivity index (χ2n) is 1.59. The molecule has 0 aliphatic heterocycles. The molecular weight excluding hydrogens is 132 g/mol. The first-order chi connectivity index (χ1) is 4.72. The van der Waals surface area contributed by atoms with Crippen molar-refractivity contribution >= 4 is 5.91 Å². The Balaban J connectivity index is 3.95. The topological polar surface area (TPSA) is 78.3 Å². The molecule has 1 amide bonds. The van der Waals surface area contributed by atoms with Crippen molar-refractivity contribution in [3.8, 4) is 11.8 Å². The van der Waals surface area contributed by atoms with Crippen LogP contribution in [0, 0.1) is 11.8 Å². The number of primary amides is 1. The van der Waals surface area contributed by atoms with Crippen LogP contribution in [0.1, 0.15) is 13.3 Å². The number of carbonyl (C=O) groups excluding carboxylic acids is 1. The summed E-state index contributed by atoms with van der Waals surface area (Å²) in [6, 6.07) is 0. The molecule has 0 bridgehead atoms. The van der Waals surface area contributed by atoms with Crippen molar-refractivity contribution in [2.45, 2.75) is 19.4 Å². The SMILES string of the molecule is CCC#CC(ON)C(N)=O. The number of hydrogen-bond acceptors (Lipinski definition) is 3. The Labute approximate surface area is 59.5 Å². The van der Waals surface area contributed by atoms with Crippen LogP contribution in [0.15, 0.2) is 0 Å². The number of rotatable bonds is 2. The maximum atomic E-state index is 10.4. The highest BCUT2D eigenvalue weighted by Gasteiger charge is 2.09. The van der Waals surface area contributed by atoms with E-state index in [-0.39, 0.29) is 0 Å². The molecule has 0 aromatic carbocycles. The van der Waals surface area contributed by atoms with Crippen molar-refractivity contribution in [3.05, 3.63) is 0 Å². The highest BCUT2D eigenvalue weighted by atomic mass is 16.6. The van der Waals surface area contributed by atoms with Gasteiger partial charge in [-0.3, -0.25) is 9.63 Å². The summed E-state index contributed by atoms with van der Waals surface area (Å²) in [5.74, 6) is 9.12. The van der Waals surface area contributed by atoms with E-state index in [1.54, 1.807) is 0 Å². The fraction of sp³-hybridized carbons (Fsp3) is 0.500. The zero-order valence-electron chi connectivity index (χ0n) is 5.76. The van der Waals surface area contributed by atoms with Gasteiger partial charge in [-0.15, -0.1) is 5.92 Å². The van der Waals surface area contributed by atoms with Gasteiger partial charge < -0.3 is 5.73 Å². The molecule has 4 nitrogen and oxygen atoms in total. The minimum absolute atomic E-state index is 0.646. The van der Waals surface area contributed by atoms with E-state index in [9.17, 15) is 4.79 Å². The van der Waals surface area contributed by atoms with E-state index in [2.05, 4.69) is 16.7 Å². The third-order valence-electron chi connectivity index (χ3n) is 0.804. The van der Waals surface area contributed by atoms with Crippen LogP contribution in [0.4, 0.5) is 0 Å². The first-order valence-electron chi connectivity index (χ1n) is 2.85. The summed E-state index contributed by atoms with van der Waals surface area (Å²) < 4.78 is 0. The molecule has 10 heavy (non-hydrogen) atoms. The zero-order chi connectivity index (χ0) is 7.98. The minimum atomic E-state index is -0.972. The monoisotopic (exact) mass is 142 g/mol. The van der Waals surface area contributed by atoms with Crippen LogP contribution >= 0.6 is 0 Å². The molecule has 4 N–H and O–H groups in total. The smallest absolute Gasteiger partial charge is 0.261 e. The third kappa shape index (κ3) is 3.07. The molecule has 0 saturated carbocycles. The highest BCUT2D eigenvalue weighted by molar-refractivity contribution is 5.82. The summed E-state index contributed by atoms with van der Waals surface area (Å²) in [6.07, 6.45) is -0.326. The highest BCUT2D eigenvalue weighted by Crippen LogP contribution is 1.82. The van der Waals surface area contributed by atoms with Crippen LogP contribution in [0.2, 0.25) is 0 Å². The van der Waals surface area contributed by atoms with Crippen LogP contribution in [0.5, 0.6) is 0 Å². The Kier molecular flexibility index (Phi) is 4.29. The molecule has 4 heteroatoms. The van der Waals surface area contributed by atoms with Gasteiger partial charge in [0.1, 0.15) is 0 Å². The van der Waals surface area contributed by atoms with Gasteiger partial charge in [0.15, 0.2) is 0 Å². The lowest BCUT2D eigenvalue weighted by Crippen LogP contribution is -2.31. The van der Waals surface area contributed by atoms with Gasteiger partial charge in [0.2, 0.25) is 6.10 Å². The maximum Gasteiger partial charge on any atom is 0.261 e. The first-order valence-corrected chi connectivity index (χ1v) is 2.85. The second-order valence-corrected chi connectivity index (χ2v) is 1.59. The van der Waals surface area contributed by atoms with Crippen LogP contribution in [0.25, 0.3) is 0 Å². The van der Waals surface area contributed by atoms with Gasteiger partial charge in [0.25, 0.3) is 5.91 Å². The molecule has 0 aliphatic carbocycles. The molecule has 0 aliphatic rings. The molecule has 0 heterocycles. The average Bonchev–Trinajstić information content (AvgIpc) is 1.89. The zero-order valence-corrected chi connectivity index (χ0v) is 5.76. The number of carbonyl (C=O) groups is 1. The summed E-state index contributed by atoms with van der Waals surface area (Å²) in [5, 5.41) is 0. The molecule has 1 unspecified atom stereocenters. The van der Waals surface area contributed by atoms with Gasteiger partial charge in [-0.05, 0) is 0 Å². The molecule has 0 rings (SSSR count). The van der Waals surface area contributed by atoms with E-state index in [1.807, 2.05) is 6.92 Å². The Hall–Kier alpha value is -1.05. The van der Waals surface area contributed by atoms with Gasteiger partial charge in [-0.2, -0.15) is 0 Å². The van der Waals surface area contributed by atoms with Crippen LogP contribution in [-0.2, 0) is 9.63 Å². The summed E-state index contributed by atoms with van der Waals surface area (Å²) in [4.78, 5) is 14.5. The molecular formula is C6H10N2O2. The minimum Gasteiger partial charge on any atom is -0.366 e. The molecule has 0 fully saturated rings. The largest absolute Gasteiger partial charge is 0.366 e. The summed E-state index contributed by atoms with van der Waals surface area (Å²) >= 11 is 0. The van der Waals surface area contributed by atoms with E-state index < -0.39 is 12.0 Å².